The van der Waals surface area contributed by atoms with Crippen LogP contribution in [0.1, 0.15) is 13.3 Å². The van der Waals surface area contributed by atoms with Gasteiger partial charge in [-0.3, -0.25) is 14.5 Å². The minimum absolute atomic E-state index is 0.00361. The number of carbonyl (C=O) groups is 2. The van der Waals surface area contributed by atoms with E-state index >= 15 is 0 Å². The summed E-state index contributed by atoms with van der Waals surface area (Å²) in [6.07, 6.45) is 0.00361. The summed E-state index contributed by atoms with van der Waals surface area (Å²) in [4.78, 5) is 31.3. The Morgan fingerprint density at radius 3 is 2.48 bits per heavy atom. The van der Waals surface area contributed by atoms with E-state index in [9.17, 15) is 18.4 Å². The first-order valence-corrected chi connectivity index (χ1v) is 10.8. The van der Waals surface area contributed by atoms with E-state index in [0.717, 1.165) is 0 Å². The number of nitrogens with one attached hydrogen (secondary N) is 1. The van der Waals surface area contributed by atoms with Gasteiger partial charge >= 0.3 is 5.57 Å². The zero-order chi connectivity index (χ0) is 22.6. The lowest BCUT2D eigenvalue weighted by molar-refractivity contribution is -0.129. The maximum atomic E-state index is 12.7. The van der Waals surface area contributed by atoms with Crippen LogP contribution in [0.5, 0.6) is 5.75 Å². The number of nitrogens with zero attached hydrogens (tertiary/aromatic N) is 2. The van der Waals surface area contributed by atoms with Crippen molar-refractivity contribution in [2.45, 2.75) is 24.2 Å². The zero-order valence-electron chi connectivity index (χ0n) is 16.1. The first kappa shape index (κ1) is 23.3. The number of amides is 2. The second-order valence-electron chi connectivity index (χ2n) is 6.38. The Bertz CT molecular complexity index is 983. The third-order valence-electron chi connectivity index (χ3n) is 4.16. The van der Waals surface area contributed by atoms with Gasteiger partial charge in [0, 0.05) is 35.3 Å². The average molecular weight is 488 g/mol. The van der Waals surface area contributed by atoms with Crippen molar-refractivity contribution in [1.82, 2.24) is 4.90 Å². The van der Waals surface area contributed by atoms with Crippen molar-refractivity contribution in [3.63, 3.8) is 0 Å². The zero-order valence-corrected chi connectivity index (χ0v) is 18.5. The van der Waals surface area contributed by atoms with Gasteiger partial charge in [0.1, 0.15) is 11.0 Å². The first-order chi connectivity index (χ1) is 14.6. The SMILES string of the molecule is CCN1C(=O)C[C@@H](C(=O)Nc2ccc(OC(F)(F)Cl)cc2)SC1=Nc1ccc(Cl)cc1. The predicted octanol–water partition coefficient (Wildman–Crippen LogP) is 5.49. The third kappa shape index (κ3) is 6.56. The van der Waals surface area contributed by atoms with E-state index in [-0.39, 0.29) is 18.1 Å². The smallest absolute Gasteiger partial charge is 0.420 e. The molecule has 164 valence electrons. The van der Waals surface area contributed by atoms with E-state index in [1.54, 1.807) is 24.3 Å². The standard InChI is InChI=1S/C20H17Cl2F2N3O3S/c1-2-27-17(28)11-16(31-19(27)26-14-5-3-12(21)4-6-14)18(29)25-13-7-9-15(10-8-13)30-20(22,23)24/h3-10,16H,2,11H2,1H3,(H,25,29)/t16-/m0/s1. The summed E-state index contributed by atoms with van der Waals surface area (Å²) in [6, 6.07) is 12.1. The number of hydrogen-bond acceptors (Lipinski definition) is 5. The van der Waals surface area contributed by atoms with E-state index in [0.29, 0.717) is 28.1 Å². The molecular formula is C20H17Cl2F2N3O3S. The van der Waals surface area contributed by atoms with Crippen LogP contribution in [-0.2, 0) is 9.59 Å². The number of ether oxygens (including phenoxy) is 1. The minimum Gasteiger partial charge on any atom is -0.420 e. The van der Waals surface area contributed by atoms with Crippen molar-refractivity contribution >= 4 is 63.3 Å². The van der Waals surface area contributed by atoms with Crippen LogP contribution in [-0.4, -0.2) is 39.2 Å². The van der Waals surface area contributed by atoms with Crippen LogP contribution < -0.4 is 10.1 Å². The highest BCUT2D eigenvalue weighted by Crippen LogP contribution is 2.31. The minimum atomic E-state index is -3.82. The molecule has 1 saturated heterocycles. The maximum absolute atomic E-state index is 12.7. The van der Waals surface area contributed by atoms with Crippen molar-refractivity contribution < 1.29 is 23.1 Å². The molecule has 0 spiro atoms. The fourth-order valence-corrected chi connectivity index (χ4v) is 4.12. The third-order valence-corrected chi connectivity index (χ3v) is 5.67. The number of anilines is 1. The molecule has 1 aliphatic rings. The Morgan fingerprint density at radius 2 is 1.90 bits per heavy atom. The Balaban J connectivity index is 1.72. The molecule has 2 amide bonds. The van der Waals surface area contributed by atoms with Gasteiger partial charge in [-0.2, -0.15) is 0 Å². The van der Waals surface area contributed by atoms with Crippen LogP contribution >= 0.6 is 35.0 Å². The second-order valence-corrected chi connectivity index (χ2v) is 8.43. The summed E-state index contributed by atoms with van der Waals surface area (Å²) in [5.41, 5.74) is -2.86. The van der Waals surface area contributed by atoms with Crippen LogP contribution in [0.4, 0.5) is 20.2 Å². The summed E-state index contributed by atoms with van der Waals surface area (Å²) in [6.45, 7) is 2.24. The van der Waals surface area contributed by atoms with Gasteiger partial charge in [0.2, 0.25) is 11.8 Å². The molecule has 0 aliphatic carbocycles. The molecule has 0 aromatic heterocycles. The number of carbonyl (C=O) groups excluding carboxylic acids is 2. The Labute approximate surface area is 191 Å². The first-order valence-electron chi connectivity index (χ1n) is 9.12. The molecular weight excluding hydrogens is 471 g/mol. The van der Waals surface area contributed by atoms with Crippen molar-refractivity contribution in [2.75, 3.05) is 11.9 Å². The molecule has 6 nitrogen and oxygen atoms in total. The predicted molar refractivity (Wildman–Crippen MR) is 118 cm³/mol. The normalized spacial score (nSPS) is 18.2. The largest absolute Gasteiger partial charge is 0.487 e. The molecule has 0 bridgehead atoms. The summed E-state index contributed by atoms with van der Waals surface area (Å²) >= 11 is 11.8. The quantitative estimate of drug-likeness (QED) is 0.547. The molecule has 1 fully saturated rings. The Morgan fingerprint density at radius 1 is 1.26 bits per heavy atom. The van der Waals surface area contributed by atoms with E-state index in [1.807, 2.05) is 6.92 Å². The van der Waals surface area contributed by atoms with Crippen LogP contribution in [0.25, 0.3) is 0 Å². The molecule has 0 unspecified atom stereocenters. The van der Waals surface area contributed by atoms with Crippen molar-refractivity contribution in [2.24, 2.45) is 4.99 Å². The highest BCUT2D eigenvalue weighted by molar-refractivity contribution is 8.15. The number of benzene rings is 2. The van der Waals surface area contributed by atoms with Gasteiger partial charge in [0.25, 0.3) is 0 Å². The monoisotopic (exact) mass is 487 g/mol. The van der Waals surface area contributed by atoms with E-state index in [2.05, 4.69) is 15.0 Å². The van der Waals surface area contributed by atoms with Crippen molar-refractivity contribution in [1.29, 1.82) is 0 Å². The Kier molecular flexibility index (Phi) is 7.40. The van der Waals surface area contributed by atoms with Gasteiger partial charge in [-0.1, -0.05) is 23.4 Å². The Hall–Kier alpha value is -2.36. The number of aliphatic imine (C=N–C) groups is 1. The van der Waals surface area contributed by atoms with Gasteiger partial charge in [-0.05, 0) is 55.5 Å². The summed E-state index contributed by atoms with van der Waals surface area (Å²) in [5.74, 6) is -0.785. The summed E-state index contributed by atoms with van der Waals surface area (Å²) < 4.78 is 29.6. The summed E-state index contributed by atoms with van der Waals surface area (Å²) in [7, 11) is 0. The lowest BCUT2D eigenvalue weighted by atomic mass is 10.2. The molecule has 3 rings (SSSR count). The van der Waals surface area contributed by atoms with Gasteiger partial charge in [0.05, 0.1) is 5.69 Å². The molecule has 1 heterocycles. The number of hydrogen-bond donors (Lipinski definition) is 1. The van der Waals surface area contributed by atoms with E-state index in [4.69, 9.17) is 23.2 Å². The highest BCUT2D eigenvalue weighted by atomic mass is 35.5. The maximum Gasteiger partial charge on any atom is 0.487 e. The van der Waals surface area contributed by atoms with Gasteiger partial charge in [-0.25, -0.2) is 4.99 Å². The molecule has 1 N–H and O–H groups in total. The number of amidine groups is 1. The van der Waals surface area contributed by atoms with E-state index < -0.39 is 16.7 Å². The van der Waals surface area contributed by atoms with Crippen LogP contribution in [0.3, 0.4) is 0 Å². The van der Waals surface area contributed by atoms with Gasteiger partial charge in [-0.15, -0.1) is 8.78 Å². The molecule has 2 aromatic rings. The molecule has 1 atom stereocenters. The average Bonchev–Trinajstić information content (AvgIpc) is 2.70. The lowest BCUT2D eigenvalue weighted by Gasteiger charge is -2.30. The topological polar surface area (TPSA) is 71.0 Å². The summed E-state index contributed by atoms with van der Waals surface area (Å²) in [5, 5.41) is 2.94. The van der Waals surface area contributed by atoms with Gasteiger partial charge < -0.3 is 10.1 Å². The van der Waals surface area contributed by atoms with Gasteiger partial charge in [0.15, 0.2) is 5.17 Å². The van der Waals surface area contributed by atoms with Crippen LogP contribution in [0.15, 0.2) is 53.5 Å². The molecule has 31 heavy (non-hydrogen) atoms. The highest BCUT2D eigenvalue weighted by Gasteiger charge is 2.35. The van der Waals surface area contributed by atoms with Crippen molar-refractivity contribution in [3.05, 3.63) is 53.6 Å². The molecule has 1 aliphatic heterocycles. The fourth-order valence-electron chi connectivity index (χ4n) is 2.74. The number of rotatable bonds is 6. The fraction of sp³-hybridized carbons (Fsp3) is 0.250. The number of halogens is 4. The molecule has 2 aromatic carbocycles. The number of alkyl halides is 3. The van der Waals surface area contributed by atoms with Crippen LogP contribution in [0.2, 0.25) is 5.02 Å². The molecule has 0 radical (unpaired) electrons. The second kappa shape index (κ2) is 9.84. The lowest BCUT2D eigenvalue weighted by Crippen LogP contribution is -2.45. The van der Waals surface area contributed by atoms with Crippen molar-refractivity contribution in [3.8, 4) is 5.75 Å². The molecule has 11 heteroatoms. The van der Waals surface area contributed by atoms with E-state index in [1.165, 1.54) is 40.9 Å². The number of thioether (sulfide) groups is 1. The van der Waals surface area contributed by atoms with Crippen LogP contribution in [0, 0.1) is 0 Å². The molecule has 0 saturated carbocycles.